The van der Waals surface area contributed by atoms with Gasteiger partial charge in [0, 0.05) is 22.6 Å². The highest BCUT2D eigenvalue weighted by Crippen LogP contribution is 2.34. The molecule has 1 aromatic rings. The van der Waals surface area contributed by atoms with Gasteiger partial charge in [0.15, 0.2) is 0 Å². The first-order valence-electron chi connectivity index (χ1n) is 5.89. The molecule has 1 nitrogen and oxygen atoms in total. The van der Waals surface area contributed by atoms with Gasteiger partial charge in [0.1, 0.15) is 0 Å². The zero-order valence-corrected chi connectivity index (χ0v) is 11.2. The Balaban J connectivity index is 2.02. The van der Waals surface area contributed by atoms with Crippen LogP contribution in [0.2, 0.25) is 5.02 Å². The predicted molar refractivity (Wildman–Crippen MR) is 73.4 cm³/mol. The number of hydrogen-bond acceptors (Lipinski definition) is 2. The fourth-order valence-electron chi connectivity index (χ4n) is 2.08. The molecule has 3 heteroatoms. The largest absolute Gasteiger partial charge is 0.303 e. The third-order valence-electron chi connectivity index (χ3n) is 3.12. The molecule has 1 aliphatic heterocycles. The zero-order chi connectivity index (χ0) is 11.4. The molecule has 0 N–H and O–H groups in total. The van der Waals surface area contributed by atoms with Crippen molar-refractivity contribution in [2.75, 3.05) is 25.4 Å². The molecule has 1 fully saturated rings. The summed E-state index contributed by atoms with van der Waals surface area (Å²) < 4.78 is 0. The van der Waals surface area contributed by atoms with Crippen molar-refractivity contribution < 1.29 is 0 Å². The van der Waals surface area contributed by atoms with E-state index in [2.05, 4.69) is 35.7 Å². The Morgan fingerprint density at radius 1 is 1.31 bits per heavy atom. The summed E-state index contributed by atoms with van der Waals surface area (Å²) in [5, 5.41) is 1.48. The van der Waals surface area contributed by atoms with E-state index in [1.165, 1.54) is 37.4 Å². The average Bonchev–Trinajstić information content (AvgIpc) is 2.55. The van der Waals surface area contributed by atoms with Crippen molar-refractivity contribution in [1.29, 1.82) is 0 Å². The lowest BCUT2D eigenvalue weighted by atomic mass is 10.1. The molecule has 88 valence electrons. The summed E-state index contributed by atoms with van der Waals surface area (Å²) in [5.74, 6) is 1.24. The molecule has 0 bridgehead atoms. The predicted octanol–water partition coefficient (Wildman–Crippen LogP) is 3.84. The molecular formula is C13H18ClNS. The Morgan fingerprint density at radius 2 is 2.06 bits per heavy atom. The summed E-state index contributed by atoms with van der Waals surface area (Å²) in [6.45, 7) is 5.86. The van der Waals surface area contributed by atoms with Crippen LogP contribution in [0.15, 0.2) is 24.3 Å². The normalized spacial score (nSPS) is 23.0. The van der Waals surface area contributed by atoms with E-state index in [1.807, 2.05) is 12.1 Å². The molecule has 16 heavy (non-hydrogen) atoms. The van der Waals surface area contributed by atoms with Gasteiger partial charge in [0.2, 0.25) is 0 Å². The molecule has 0 amide bonds. The van der Waals surface area contributed by atoms with Crippen molar-refractivity contribution >= 4 is 23.4 Å². The third-order valence-corrected chi connectivity index (χ3v) is 4.70. The Hall–Kier alpha value is -0.180. The molecule has 0 aliphatic carbocycles. The number of hydrogen-bond donors (Lipinski definition) is 0. The molecule has 0 aromatic heterocycles. The van der Waals surface area contributed by atoms with Crippen LogP contribution in [0.3, 0.4) is 0 Å². The smallest absolute Gasteiger partial charge is 0.0406 e. The van der Waals surface area contributed by atoms with Crippen LogP contribution in [0.1, 0.15) is 24.2 Å². The van der Waals surface area contributed by atoms with E-state index >= 15 is 0 Å². The first-order chi connectivity index (χ1) is 7.79. The second-order valence-electron chi connectivity index (χ2n) is 4.13. The summed E-state index contributed by atoms with van der Waals surface area (Å²) in [6, 6.07) is 8.34. The molecule has 1 heterocycles. The lowest BCUT2D eigenvalue weighted by Crippen LogP contribution is -2.25. The molecule has 0 spiro atoms. The first kappa shape index (κ1) is 12.3. The number of rotatable bonds is 2. The van der Waals surface area contributed by atoms with Crippen molar-refractivity contribution in [2.45, 2.75) is 18.6 Å². The number of nitrogens with zero attached hydrogens (tertiary/aromatic N) is 1. The van der Waals surface area contributed by atoms with E-state index in [0.29, 0.717) is 5.25 Å². The van der Waals surface area contributed by atoms with E-state index in [9.17, 15) is 0 Å². The number of benzene rings is 1. The van der Waals surface area contributed by atoms with Crippen molar-refractivity contribution in [1.82, 2.24) is 4.90 Å². The van der Waals surface area contributed by atoms with Crippen LogP contribution >= 0.6 is 23.4 Å². The molecule has 2 rings (SSSR count). The van der Waals surface area contributed by atoms with Crippen LogP contribution in [0.25, 0.3) is 0 Å². The van der Waals surface area contributed by atoms with Crippen LogP contribution in [0, 0.1) is 0 Å². The van der Waals surface area contributed by atoms with Gasteiger partial charge < -0.3 is 4.90 Å². The van der Waals surface area contributed by atoms with E-state index in [4.69, 9.17) is 11.6 Å². The fraction of sp³-hybridized carbons (Fsp3) is 0.538. The Labute approximate surface area is 107 Å². The monoisotopic (exact) mass is 255 g/mol. The highest BCUT2D eigenvalue weighted by atomic mass is 35.5. The zero-order valence-electron chi connectivity index (χ0n) is 9.66. The standard InChI is InChI=1S/C13H18ClNS/c1-2-15-8-7-13(16-10-9-15)11-3-5-12(14)6-4-11/h3-6,13H,2,7-10H2,1H3. The van der Waals surface area contributed by atoms with Gasteiger partial charge in [0.05, 0.1) is 0 Å². The van der Waals surface area contributed by atoms with E-state index < -0.39 is 0 Å². The molecular weight excluding hydrogens is 238 g/mol. The maximum atomic E-state index is 5.91. The maximum Gasteiger partial charge on any atom is 0.0406 e. The summed E-state index contributed by atoms with van der Waals surface area (Å²) >= 11 is 7.99. The Kier molecular flexibility index (Phi) is 4.56. The molecule has 0 radical (unpaired) electrons. The lowest BCUT2D eigenvalue weighted by molar-refractivity contribution is 0.307. The topological polar surface area (TPSA) is 3.24 Å². The Bertz CT molecular complexity index is 325. The van der Waals surface area contributed by atoms with Gasteiger partial charge in [-0.25, -0.2) is 0 Å². The van der Waals surface area contributed by atoms with Gasteiger partial charge in [-0.3, -0.25) is 0 Å². The van der Waals surface area contributed by atoms with Crippen LogP contribution in [0.4, 0.5) is 0 Å². The third kappa shape index (κ3) is 3.16. The minimum Gasteiger partial charge on any atom is -0.303 e. The quantitative estimate of drug-likeness (QED) is 0.790. The van der Waals surface area contributed by atoms with Gasteiger partial charge in [0.25, 0.3) is 0 Å². The highest BCUT2D eigenvalue weighted by molar-refractivity contribution is 7.99. The average molecular weight is 256 g/mol. The van der Waals surface area contributed by atoms with E-state index in [1.54, 1.807) is 0 Å². The molecule has 1 saturated heterocycles. The number of halogens is 1. The first-order valence-corrected chi connectivity index (χ1v) is 7.31. The van der Waals surface area contributed by atoms with Crippen LogP contribution < -0.4 is 0 Å². The minimum atomic E-state index is 0.647. The van der Waals surface area contributed by atoms with Gasteiger partial charge in [-0.15, -0.1) is 0 Å². The van der Waals surface area contributed by atoms with Crippen LogP contribution in [-0.2, 0) is 0 Å². The van der Waals surface area contributed by atoms with Crippen molar-refractivity contribution in [3.63, 3.8) is 0 Å². The highest BCUT2D eigenvalue weighted by Gasteiger charge is 2.17. The molecule has 0 saturated carbocycles. The summed E-state index contributed by atoms with van der Waals surface area (Å²) in [4.78, 5) is 2.53. The van der Waals surface area contributed by atoms with Gasteiger partial charge in [-0.05, 0) is 37.2 Å². The molecule has 1 unspecified atom stereocenters. The minimum absolute atomic E-state index is 0.647. The van der Waals surface area contributed by atoms with E-state index in [0.717, 1.165) is 5.02 Å². The van der Waals surface area contributed by atoms with Crippen molar-refractivity contribution in [3.8, 4) is 0 Å². The fourth-order valence-corrected chi connectivity index (χ4v) is 3.47. The molecule has 1 atom stereocenters. The van der Waals surface area contributed by atoms with Crippen molar-refractivity contribution in [3.05, 3.63) is 34.9 Å². The summed E-state index contributed by atoms with van der Waals surface area (Å²) in [7, 11) is 0. The van der Waals surface area contributed by atoms with Crippen molar-refractivity contribution in [2.24, 2.45) is 0 Å². The molecule has 1 aliphatic rings. The van der Waals surface area contributed by atoms with E-state index in [-0.39, 0.29) is 0 Å². The maximum absolute atomic E-state index is 5.91. The van der Waals surface area contributed by atoms with Gasteiger partial charge >= 0.3 is 0 Å². The second kappa shape index (κ2) is 5.95. The van der Waals surface area contributed by atoms with Crippen LogP contribution in [0.5, 0.6) is 0 Å². The van der Waals surface area contributed by atoms with Gasteiger partial charge in [-0.1, -0.05) is 30.7 Å². The summed E-state index contributed by atoms with van der Waals surface area (Å²) in [6.07, 6.45) is 1.25. The SMILES string of the molecule is CCN1CCSC(c2ccc(Cl)cc2)CC1. The Morgan fingerprint density at radius 3 is 2.75 bits per heavy atom. The molecule has 1 aromatic carbocycles. The second-order valence-corrected chi connectivity index (χ2v) is 5.88. The number of thioether (sulfide) groups is 1. The summed E-state index contributed by atoms with van der Waals surface area (Å²) in [5.41, 5.74) is 1.42. The van der Waals surface area contributed by atoms with Gasteiger partial charge in [-0.2, -0.15) is 11.8 Å². The van der Waals surface area contributed by atoms with Crippen LogP contribution in [-0.4, -0.2) is 30.3 Å². The lowest BCUT2D eigenvalue weighted by Gasteiger charge is -2.17.